The molecule has 0 saturated heterocycles. The molecule has 11 heteroatoms. The molecule has 1 fully saturated rings. The number of aryl methyl sites for hydroxylation is 1. The van der Waals surface area contributed by atoms with Gasteiger partial charge in [0.2, 0.25) is 5.91 Å². The summed E-state index contributed by atoms with van der Waals surface area (Å²) in [5, 5.41) is 28.6. The maximum atomic E-state index is 10.7. The zero-order valence-corrected chi connectivity index (χ0v) is 19.3. The van der Waals surface area contributed by atoms with Gasteiger partial charge >= 0.3 is 11.9 Å². The van der Waals surface area contributed by atoms with E-state index in [9.17, 15) is 14.4 Å². The maximum Gasteiger partial charge on any atom is 0.321 e. The van der Waals surface area contributed by atoms with E-state index in [1.807, 2.05) is 19.1 Å². The standard InChI is InChI=1S/C13H21N3O2.C6H8O4.H2N.Pt/c1-11-10-12(7-9-14-11)15-8-5-3-2-4-6-13(17)16-18;7-4(8)6(5(9)10)2-1-3-6;;/h7,9-10,18H,2-6,8H2,1H3,(H,14,15)(H,16,17);1-3H2,(H,7,8)(H,9,10);1H2;/q;;-1;. The molecule has 1 amide bonds. The molecule has 0 spiro atoms. The Morgan fingerprint density at radius 1 is 1.10 bits per heavy atom. The first-order valence-electron chi connectivity index (χ1n) is 9.38. The van der Waals surface area contributed by atoms with Gasteiger partial charge in [-0.3, -0.25) is 24.6 Å². The van der Waals surface area contributed by atoms with E-state index < -0.39 is 17.4 Å². The van der Waals surface area contributed by atoms with Crippen LogP contribution in [0.2, 0.25) is 0 Å². The first-order valence-corrected chi connectivity index (χ1v) is 9.38. The molecule has 1 aromatic heterocycles. The van der Waals surface area contributed by atoms with E-state index in [1.54, 1.807) is 11.7 Å². The number of unbranched alkanes of at least 4 members (excludes halogenated alkanes) is 3. The number of carbonyl (C=O) groups is 3. The Bertz CT molecular complexity index is 654. The molecular weight excluding hydrogens is 575 g/mol. The van der Waals surface area contributed by atoms with Crippen molar-refractivity contribution in [3.05, 3.63) is 30.2 Å². The van der Waals surface area contributed by atoms with Crippen LogP contribution in [-0.4, -0.2) is 44.8 Å². The Hall–Kier alpha value is -2.03. The minimum Gasteiger partial charge on any atom is -0.693 e. The van der Waals surface area contributed by atoms with E-state index in [0.717, 1.165) is 43.6 Å². The number of anilines is 1. The van der Waals surface area contributed by atoms with E-state index in [1.165, 1.54) is 0 Å². The molecule has 0 bridgehead atoms. The first-order chi connectivity index (χ1) is 13.3. The summed E-state index contributed by atoms with van der Waals surface area (Å²) in [6.45, 7) is 2.90. The number of aliphatic carboxylic acids is 2. The Morgan fingerprint density at radius 3 is 2.13 bits per heavy atom. The third kappa shape index (κ3) is 10.1. The average Bonchev–Trinajstić information content (AvgIpc) is 2.59. The molecule has 7 N–H and O–H groups in total. The van der Waals surface area contributed by atoms with E-state index in [2.05, 4.69) is 10.3 Å². The normalized spacial score (nSPS) is 13.1. The first kappa shape index (κ1) is 30.2. The van der Waals surface area contributed by atoms with Crippen LogP contribution in [0.3, 0.4) is 0 Å². The maximum absolute atomic E-state index is 10.7. The van der Waals surface area contributed by atoms with Crippen LogP contribution in [-0.2, 0) is 35.4 Å². The number of rotatable bonds is 10. The predicted molar refractivity (Wildman–Crippen MR) is 107 cm³/mol. The van der Waals surface area contributed by atoms with Crippen LogP contribution in [0.5, 0.6) is 0 Å². The molecule has 1 heterocycles. The van der Waals surface area contributed by atoms with Crippen molar-refractivity contribution in [3.63, 3.8) is 0 Å². The van der Waals surface area contributed by atoms with Gasteiger partial charge in [0.05, 0.1) is 0 Å². The molecular formula is C19H31N4O6Pt-. The molecule has 1 aliphatic rings. The smallest absolute Gasteiger partial charge is 0.321 e. The van der Waals surface area contributed by atoms with Gasteiger partial charge in [-0.1, -0.05) is 12.8 Å². The van der Waals surface area contributed by atoms with Crippen LogP contribution in [0, 0.1) is 12.3 Å². The van der Waals surface area contributed by atoms with Gasteiger partial charge in [0, 0.05) is 51.6 Å². The molecule has 0 aliphatic heterocycles. The van der Waals surface area contributed by atoms with Crippen molar-refractivity contribution in [2.24, 2.45) is 5.41 Å². The number of aromatic nitrogens is 1. The fourth-order valence-electron chi connectivity index (χ4n) is 2.76. The van der Waals surface area contributed by atoms with Crippen LogP contribution in [0.4, 0.5) is 5.69 Å². The second kappa shape index (κ2) is 15.8. The summed E-state index contributed by atoms with van der Waals surface area (Å²) in [7, 11) is 0. The van der Waals surface area contributed by atoms with E-state index in [4.69, 9.17) is 15.4 Å². The molecule has 1 aromatic rings. The Kier molecular flexibility index (Phi) is 15.8. The number of hydrogen-bond acceptors (Lipinski definition) is 6. The van der Waals surface area contributed by atoms with Crippen LogP contribution >= 0.6 is 0 Å². The second-order valence-electron chi connectivity index (χ2n) is 6.86. The molecule has 0 atom stereocenters. The molecule has 1 saturated carbocycles. The van der Waals surface area contributed by atoms with E-state index in [-0.39, 0.29) is 46.0 Å². The fraction of sp³-hybridized carbons (Fsp3) is 0.579. The van der Waals surface area contributed by atoms with Crippen molar-refractivity contribution in [2.45, 2.75) is 58.3 Å². The minimum absolute atomic E-state index is 0. The van der Waals surface area contributed by atoms with Crippen LogP contribution in [0.25, 0.3) is 6.15 Å². The SMILES string of the molecule is Cc1cc(NCCCCCCC(=O)NO)ccn1.O=C(O)C1(C(=O)O)CCC1.[NH2-].[Pt]. The molecule has 2 rings (SSSR count). The molecule has 174 valence electrons. The van der Waals surface area contributed by atoms with Crippen molar-refractivity contribution in [3.8, 4) is 0 Å². The van der Waals surface area contributed by atoms with Crippen molar-refractivity contribution in [1.29, 1.82) is 0 Å². The van der Waals surface area contributed by atoms with Crippen molar-refractivity contribution < 1.29 is 50.9 Å². The van der Waals surface area contributed by atoms with Gasteiger partial charge < -0.3 is 21.7 Å². The number of hydroxylamine groups is 1. The summed E-state index contributed by atoms with van der Waals surface area (Å²) >= 11 is 0. The van der Waals surface area contributed by atoms with Gasteiger partial charge in [-0.15, -0.1) is 0 Å². The summed E-state index contributed by atoms with van der Waals surface area (Å²) in [6.07, 6.45) is 7.43. The van der Waals surface area contributed by atoms with Crippen LogP contribution in [0.1, 0.15) is 57.1 Å². The number of hydrogen-bond donors (Lipinski definition) is 5. The molecule has 10 nitrogen and oxygen atoms in total. The molecule has 0 aromatic carbocycles. The molecule has 30 heavy (non-hydrogen) atoms. The number of nitrogens with two attached hydrogens (primary N) is 1. The molecule has 0 radical (unpaired) electrons. The third-order valence-corrected chi connectivity index (χ3v) is 4.71. The number of pyridine rings is 1. The topological polar surface area (TPSA) is 182 Å². The summed E-state index contributed by atoms with van der Waals surface area (Å²) in [6, 6.07) is 3.98. The van der Waals surface area contributed by atoms with Gasteiger partial charge in [0.25, 0.3) is 0 Å². The third-order valence-electron chi connectivity index (χ3n) is 4.71. The van der Waals surface area contributed by atoms with Gasteiger partial charge in [-0.25, -0.2) is 5.48 Å². The summed E-state index contributed by atoms with van der Waals surface area (Å²) in [5.41, 5.74) is 2.30. The second-order valence-corrected chi connectivity index (χ2v) is 6.86. The number of nitrogens with zero attached hydrogens (tertiary/aromatic N) is 1. The van der Waals surface area contributed by atoms with Crippen LogP contribution in [0.15, 0.2) is 18.3 Å². The van der Waals surface area contributed by atoms with Crippen molar-refractivity contribution in [1.82, 2.24) is 10.5 Å². The summed E-state index contributed by atoms with van der Waals surface area (Å²) in [5.74, 6) is -2.71. The zero-order valence-electron chi connectivity index (χ0n) is 17.0. The molecule has 0 unspecified atom stereocenters. The summed E-state index contributed by atoms with van der Waals surface area (Å²) < 4.78 is 0. The Balaban J connectivity index is 0. The van der Waals surface area contributed by atoms with E-state index in [0.29, 0.717) is 12.8 Å². The number of carbonyl (C=O) groups excluding carboxylic acids is 1. The van der Waals surface area contributed by atoms with Gasteiger partial charge in [-0.2, -0.15) is 0 Å². The number of carboxylic acid groups (broad SMARTS) is 2. The number of nitrogens with one attached hydrogen (secondary N) is 2. The zero-order chi connectivity index (χ0) is 21.0. The van der Waals surface area contributed by atoms with Gasteiger partial charge in [0.1, 0.15) is 0 Å². The number of amides is 1. The van der Waals surface area contributed by atoms with Crippen LogP contribution < -0.4 is 10.8 Å². The van der Waals surface area contributed by atoms with Crippen molar-refractivity contribution >= 4 is 23.5 Å². The predicted octanol–water partition coefficient (Wildman–Crippen LogP) is 3.30. The Morgan fingerprint density at radius 2 is 1.70 bits per heavy atom. The minimum atomic E-state index is -1.44. The quantitative estimate of drug-likeness (QED) is 0.116. The number of carboxylic acids is 2. The monoisotopic (exact) mass is 606 g/mol. The molecule has 1 aliphatic carbocycles. The van der Waals surface area contributed by atoms with E-state index >= 15 is 0 Å². The van der Waals surface area contributed by atoms with Crippen molar-refractivity contribution in [2.75, 3.05) is 11.9 Å². The largest absolute Gasteiger partial charge is 0.693 e. The summed E-state index contributed by atoms with van der Waals surface area (Å²) in [4.78, 5) is 35.6. The van der Waals surface area contributed by atoms with Gasteiger partial charge in [-0.05, 0) is 51.2 Å². The van der Waals surface area contributed by atoms with Gasteiger partial charge in [0.15, 0.2) is 5.41 Å². The average molecular weight is 607 g/mol. The Labute approximate surface area is 190 Å². The fourth-order valence-corrected chi connectivity index (χ4v) is 2.76.